The molecule has 0 saturated heterocycles. The highest BCUT2D eigenvalue weighted by atomic mass is 16.6. The average molecular weight is 357 g/mol. The fourth-order valence-corrected chi connectivity index (χ4v) is 2.06. The Morgan fingerprint density at radius 1 is 1.12 bits per heavy atom. The van der Waals surface area contributed by atoms with E-state index in [1.165, 1.54) is 36.2 Å². The monoisotopic (exact) mass is 357 g/mol. The van der Waals surface area contributed by atoms with Crippen LogP contribution in [0.2, 0.25) is 0 Å². The standard InChI is InChI=1S/C18H19N3O5/c1-13-3-5-14(6-4-13)19-17(22)11-20(2)18(23)12-26-16-9-7-15(8-10-16)21(24)25/h3-10H,11-12H2,1-2H3,(H,19,22). The molecule has 0 aliphatic heterocycles. The second-order valence-electron chi connectivity index (χ2n) is 5.70. The van der Waals surface area contributed by atoms with E-state index in [0.29, 0.717) is 11.4 Å². The highest BCUT2D eigenvalue weighted by Gasteiger charge is 2.14. The normalized spacial score (nSPS) is 10.1. The van der Waals surface area contributed by atoms with Crippen LogP contribution < -0.4 is 10.1 Å². The van der Waals surface area contributed by atoms with Crippen LogP contribution in [0.25, 0.3) is 0 Å². The first-order valence-electron chi connectivity index (χ1n) is 7.83. The third kappa shape index (κ3) is 5.59. The van der Waals surface area contributed by atoms with Crippen LogP contribution in [-0.4, -0.2) is 41.8 Å². The number of nitrogens with one attached hydrogen (secondary N) is 1. The van der Waals surface area contributed by atoms with E-state index in [4.69, 9.17) is 4.74 Å². The number of carbonyl (C=O) groups is 2. The van der Waals surface area contributed by atoms with E-state index in [1.807, 2.05) is 19.1 Å². The predicted molar refractivity (Wildman–Crippen MR) is 96.0 cm³/mol. The Bertz CT molecular complexity index is 787. The van der Waals surface area contributed by atoms with Crippen LogP contribution in [-0.2, 0) is 9.59 Å². The van der Waals surface area contributed by atoms with Gasteiger partial charge in [-0.2, -0.15) is 0 Å². The van der Waals surface area contributed by atoms with Gasteiger partial charge in [0.1, 0.15) is 5.75 Å². The summed E-state index contributed by atoms with van der Waals surface area (Å²) >= 11 is 0. The minimum absolute atomic E-state index is 0.0615. The molecule has 2 aromatic rings. The van der Waals surface area contributed by atoms with Crippen molar-refractivity contribution in [3.63, 3.8) is 0 Å². The third-order valence-electron chi connectivity index (χ3n) is 3.55. The fourth-order valence-electron chi connectivity index (χ4n) is 2.06. The molecule has 0 atom stereocenters. The van der Waals surface area contributed by atoms with Gasteiger partial charge in [-0.25, -0.2) is 0 Å². The number of nitrogens with zero attached hydrogens (tertiary/aromatic N) is 2. The number of rotatable bonds is 7. The molecule has 0 saturated carbocycles. The van der Waals surface area contributed by atoms with Gasteiger partial charge in [0.25, 0.3) is 11.6 Å². The number of amides is 2. The molecule has 8 nitrogen and oxygen atoms in total. The molecule has 0 fully saturated rings. The second-order valence-corrected chi connectivity index (χ2v) is 5.70. The van der Waals surface area contributed by atoms with E-state index in [1.54, 1.807) is 12.1 Å². The lowest BCUT2D eigenvalue weighted by atomic mass is 10.2. The summed E-state index contributed by atoms with van der Waals surface area (Å²) in [5.74, 6) is -0.371. The van der Waals surface area contributed by atoms with Gasteiger partial charge >= 0.3 is 0 Å². The predicted octanol–water partition coefficient (Wildman–Crippen LogP) is 2.38. The second kappa shape index (κ2) is 8.61. The van der Waals surface area contributed by atoms with Crippen molar-refractivity contribution in [2.45, 2.75) is 6.92 Å². The van der Waals surface area contributed by atoms with Gasteiger partial charge < -0.3 is 15.0 Å². The van der Waals surface area contributed by atoms with Crippen molar-refractivity contribution in [2.24, 2.45) is 0 Å². The molecule has 0 spiro atoms. The minimum atomic E-state index is -0.518. The summed E-state index contributed by atoms with van der Waals surface area (Å²) in [5.41, 5.74) is 1.68. The van der Waals surface area contributed by atoms with Crippen LogP contribution in [0.4, 0.5) is 11.4 Å². The number of hydrogen-bond acceptors (Lipinski definition) is 5. The Hall–Kier alpha value is -3.42. The van der Waals surface area contributed by atoms with E-state index in [-0.39, 0.29) is 30.7 Å². The Labute approximate surface area is 150 Å². The van der Waals surface area contributed by atoms with Crippen molar-refractivity contribution in [1.29, 1.82) is 0 Å². The number of nitro groups is 1. The van der Waals surface area contributed by atoms with E-state index < -0.39 is 4.92 Å². The van der Waals surface area contributed by atoms with E-state index >= 15 is 0 Å². The number of benzene rings is 2. The first-order chi connectivity index (χ1) is 12.3. The van der Waals surface area contributed by atoms with Crippen molar-refractivity contribution < 1.29 is 19.2 Å². The summed E-state index contributed by atoms with van der Waals surface area (Å²) in [6.07, 6.45) is 0. The summed E-state index contributed by atoms with van der Waals surface area (Å²) in [4.78, 5) is 35.3. The third-order valence-corrected chi connectivity index (χ3v) is 3.55. The summed E-state index contributed by atoms with van der Waals surface area (Å²) in [5, 5.41) is 13.3. The zero-order valence-electron chi connectivity index (χ0n) is 14.5. The van der Waals surface area contributed by atoms with Crippen LogP contribution in [0, 0.1) is 17.0 Å². The number of likely N-dealkylation sites (N-methyl/N-ethyl adjacent to an activating group) is 1. The molecule has 136 valence electrons. The lowest BCUT2D eigenvalue weighted by Gasteiger charge is -2.17. The maximum Gasteiger partial charge on any atom is 0.269 e. The van der Waals surface area contributed by atoms with Gasteiger partial charge in [0.15, 0.2) is 6.61 Å². The lowest BCUT2D eigenvalue weighted by molar-refractivity contribution is -0.384. The average Bonchev–Trinajstić information content (AvgIpc) is 2.61. The topological polar surface area (TPSA) is 102 Å². The smallest absolute Gasteiger partial charge is 0.269 e. The molecule has 0 aliphatic carbocycles. The van der Waals surface area contributed by atoms with Crippen LogP contribution >= 0.6 is 0 Å². The van der Waals surface area contributed by atoms with Crippen molar-refractivity contribution in [3.05, 3.63) is 64.2 Å². The molecule has 26 heavy (non-hydrogen) atoms. The number of hydrogen-bond donors (Lipinski definition) is 1. The number of nitro benzene ring substituents is 1. The van der Waals surface area contributed by atoms with Gasteiger partial charge in [-0.3, -0.25) is 19.7 Å². The van der Waals surface area contributed by atoms with Gasteiger partial charge in [-0.15, -0.1) is 0 Å². The number of aryl methyl sites for hydroxylation is 1. The summed E-state index contributed by atoms with van der Waals surface area (Å²) in [7, 11) is 1.50. The van der Waals surface area contributed by atoms with Gasteiger partial charge in [-0.05, 0) is 31.2 Å². The molecule has 0 radical (unpaired) electrons. The highest BCUT2D eigenvalue weighted by Crippen LogP contribution is 2.17. The molecule has 1 N–H and O–H groups in total. The summed E-state index contributed by atoms with van der Waals surface area (Å²) in [6.45, 7) is 1.56. The first-order valence-corrected chi connectivity index (χ1v) is 7.83. The molecule has 2 aromatic carbocycles. The lowest BCUT2D eigenvalue weighted by Crippen LogP contribution is -2.37. The van der Waals surface area contributed by atoms with Crippen molar-refractivity contribution in [2.75, 3.05) is 25.5 Å². The van der Waals surface area contributed by atoms with Crippen LogP contribution in [0.5, 0.6) is 5.75 Å². The number of ether oxygens (including phenoxy) is 1. The van der Waals surface area contributed by atoms with E-state index in [9.17, 15) is 19.7 Å². The largest absolute Gasteiger partial charge is 0.484 e. The maximum absolute atomic E-state index is 12.0. The molecule has 2 rings (SSSR count). The van der Waals surface area contributed by atoms with Crippen LogP contribution in [0.1, 0.15) is 5.56 Å². The van der Waals surface area contributed by atoms with Gasteiger partial charge in [0, 0.05) is 24.9 Å². The molecular formula is C18H19N3O5. The van der Waals surface area contributed by atoms with Gasteiger partial charge in [-0.1, -0.05) is 17.7 Å². The maximum atomic E-state index is 12.0. The minimum Gasteiger partial charge on any atom is -0.484 e. The quantitative estimate of drug-likeness (QED) is 0.605. The molecule has 0 aliphatic rings. The summed E-state index contributed by atoms with van der Waals surface area (Å²) < 4.78 is 5.29. The molecule has 0 heterocycles. The SMILES string of the molecule is Cc1ccc(NC(=O)CN(C)C(=O)COc2ccc([N+](=O)[O-])cc2)cc1. The summed E-state index contributed by atoms with van der Waals surface area (Å²) in [6, 6.07) is 12.7. The van der Waals surface area contributed by atoms with Crippen LogP contribution in [0.15, 0.2) is 48.5 Å². The Morgan fingerprint density at radius 2 is 1.73 bits per heavy atom. The first kappa shape index (κ1) is 18.9. The molecule has 0 unspecified atom stereocenters. The Kier molecular flexibility index (Phi) is 6.26. The van der Waals surface area contributed by atoms with Crippen molar-refractivity contribution in [1.82, 2.24) is 4.90 Å². The number of carbonyl (C=O) groups excluding carboxylic acids is 2. The molecule has 0 aromatic heterocycles. The Balaban J connectivity index is 1.80. The molecule has 0 bridgehead atoms. The van der Waals surface area contributed by atoms with Crippen LogP contribution in [0.3, 0.4) is 0 Å². The van der Waals surface area contributed by atoms with Gasteiger partial charge in [0.2, 0.25) is 5.91 Å². The van der Waals surface area contributed by atoms with E-state index in [0.717, 1.165) is 5.56 Å². The van der Waals surface area contributed by atoms with Crippen molar-refractivity contribution >= 4 is 23.2 Å². The number of anilines is 1. The van der Waals surface area contributed by atoms with E-state index in [2.05, 4.69) is 5.32 Å². The molecule has 8 heteroatoms. The fraction of sp³-hybridized carbons (Fsp3) is 0.222. The Morgan fingerprint density at radius 3 is 2.31 bits per heavy atom. The zero-order valence-corrected chi connectivity index (χ0v) is 14.5. The molecule has 2 amide bonds. The zero-order chi connectivity index (χ0) is 19.1. The number of non-ortho nitro benzene ring substituents is 1. The molecular weight excluding hydrogens is 338 g/mol. The van der Waals surface area contributed by atoms with Gasteiger partial charge in [0.05, 0.1) is 11.5 Å². The van der Waals surface area contributed by atoms with Crippen molar-refractivity contribution in [3.8, 4) is 5.75 Å². The highest BCUT2D eigenvalue weighted by molar-refractivity contribution is 5.94.